The zero-order chi connectivity index (χ0) is 13.0. The zero-order valence-electron chi connectivity index (χ0n) is 9.52. The SMILES string of the molecule is O=C(NCCS)c1csc(-c2ccc(Cl)cc2)c1. The highest BCUT2D eigenvalue weighted by Crippen LogP contribution is 2.28. The second-order valence-corrected chi connectivity index (χ2v) is 5.48. The van der Waals surface area contributed by atoms with Crippen LogP contribution in [-0.2, 0) is 0 Å². The second kappa shape index (κ2) is 6.27. The van der Waals surface area contributed by atoms with Crippen molar-refractivity contribution >= 4 is 41.5 Å². The fraction of sp³-hybridized carbons (Fsp3) is 0.154. The van der Waals surface area contributed by atoms with Gasteiger partial charge in [-0.2, -0.15) is 12.6 Å². The molecule has 2 aromatic rings. The van der Waals surface area contributed by atoms with Crippen LogP contribution in [0.2, 0.25) is 5.02 Å². The molecule has 94 valence electrons. The first kappa shape index (κ1) is 13.5. The summed E-state index contributed by atoms with van der Waals surface area (Å²) in [5, 5.41) is 5.36. The Labute approximate surface area is 120 Å². The summed E-state index contributed by atoms with van der Waals surface area (Å²) in [6.07, 6.45) is 0. The molecule has 0 bridgehead atoms. The van der Waals surface area contributed by atoms with Crippen LogP contribution in [0.1, 0.15) is 10.4 Å². The van der Waals surface area contributed by atoms with E-state index < -0.39 is 0 Å². The van der Waals surface area contributed by atoms with Crippen LogP contribution >= 0.6 is 35.6 Å². The topological polar surface area (TPSA) is 29.1 Å². The van der Waals surface area contributed by atoms with Gasteiger partial charge >= 0.3 is 0 Å². The fourth-order valence-corrected chi connectivity index (χ4v) is 2.63. The van der Waals surface area contributed by atoms with Gasteiger partial charge in [-0.3, -0.25) is 4.79 Å². The largest absolute Gasteiger partial charge is 0.351 e. The third-order valence-corrected chi connectivity index (χ3v) is 3.84. The number of benzene rings is 1. The maximum atomic E-state index is 11.7. The molecule has 1 aromatic heterocycles. The van der Waals surface area contributed by atoms with Gasteiger partial charge in [0.25, 0.3) is 5.91 Å². The molecule has 2 nitrogen and oxygen atoms in total. The summed E-state index contributed by atoms with van der Waals surface area (Å²) in [5.41, 5.74) is 1.75. The first-order valence-electron chi connectivity index (χ1n) is 5.44. The maximum Gasteiger partial charge on any atom is 0.252 e. The van der Waals surface area contributed by atoms with Crippen LogP contribution in [0.4, 0.5) is 0 Å². The summed E-state index contributed by atoms with van der Waals surface area (Å²) >= 11 is 11.4. The van der Waals surface area contributed by atoms with Crippen molar-refractivity contribution in [2.75, 3.05) is 12.3 Å². The number of hydrogen-bond acceptors (Lipinski definition) is 3. The van der Waals surface area contributed by atoms with Crippen LogP contribution in [0.25, 0.3) is 10.4 Å². The van der Waals surface area contributed by atoms with Gasteiger partial charge in [-0.15, -0.1) is 11.3 Å². The van der Waals surface area contributed by atoms with Gasteiger partial charge in [0.15, 0.2) is 0 Å². The maximum absolute atomic E-state index is 11.7. The molecule has 0 saturated heterocycles. The number of carbonyl (C=O) groups is 1. The van der Waals surface area contributed by atoms with Crippen LogP contribution in [0.15, 0.2) is 35.7 Å². The molecule has 2 rings (SSSR count). The number of halogens is 1. The Hall–Kier alpha value is -0.970. The number of thiophene rings is 1. The van der Waals surface area contributed by atoms with Crippen molar-refractivity contribution in [2.45, 2.75) is 0 Å². The van der Waals surface area contributed by atoms with E-state index in [0.29, 0.717) is 22.9 Å². The number of amides is 1. The highest BCUT2D eigenvalue weighted by Gasteiger charge is 2.09. The summed E-state index contributed by atoms with van der Waals surface area (Å²) in [6, 6.07) is 9.48. The first-order valence-corrected chi connectivity index (χ1v) is 7.33. The Bertz CT molecular complexity index is 536. The number of nitrogens with one attached hydrogen (secondary N) is 1. The first-order chi connectivity index (χ1) is 8.70. The van der Waals surface area contributed by atoms with E-state index in [-0.39, 0.29) is 5.91 Å². The van der Waals surface area contributed by atoms with Gasteiger partial charge in [-0.1, -0.05) is 23.7 Å². The molecule has 1 aromatic carbocycles. The van der Waals surface area contributed by atoms with Crippen molar-refractivity contribution in [3.63, 3.8) is 0 Å². The van der Waals surface area contributed by atoms with E-state index in [1.165, 1.54) is 0 Å². The molecule has 1 N–H and O–H groups in total. The van der Waals surface area contributed by atoms with Crippen LogP contribution in [0.3, 0.4) is 0 Å². The van der Waals surface area contributed by atoms with Crippen molar-refractivity contribution in [1.82, 2.24) is 5.32 Å². The Morgan fingerprint density at radius 3 is 2.72 bits per heavy atom. The molecule has 0 saturated carbocycles. The second-order valence-electron chi connectivity index (χ2n) is 3.69. The third-order valence-electron chi connectivity index (χ3n) is 2.39. The molecule has 5 heteroatoms. The summed E-state index contributed by atoms with van der Waals surface area (Å²) in [4.78, 5) is 12.8. The van der Waals surface area contributed by atoms with Gasteiger partial charge in [-0.05, 0) is 23.8 Å². The molecule has 1 amide bonds. The lowest BCUT2D eigenvalue weighted by molar-refractivity contribution is 0.0956. The van der Waals surface area contributed by atoms with E-state index in [4.69, 9.17) is 11.6 Å². The molecule has 0 unspecified atom stereocenters. The molecule has 0 aliphatic heterocycles. The zero-order valence-corrected chi connectivity index (χ0v) is 12.0. The number of rotatable bonds is 4. The van der Waals surface area contributed by atoms with Crippen LogP contribution in [0.5, 0.6) is 0 Å². The fourth-order valence-electron chi connectivity index (χ4n) is 1.49. The predicted molar refractivity (Wildman–Crippen MR) is 81.0 cm³/mol. The molecule has 0 radical (unpaired) electrons. The highest BCUT2D eigenvalue weighted by atomic mass is 35.5. The summed E-state index contributed by atoms with van der Waals surface area (Å²) in [6.45, 7) is 0.577. The van der Waals surface area contributed by atoms with Crippen LogP contribution in [-0.4, -0.2) is 18.2 Å². The van der Waals surface area contributed by atoms with E-state index in [0.717, 1.165) is 10.4 Å². The quantitative estimate of drug-likeness (QED) is 0.827. The lowest BCUT2D eigenvalue weighted by atomic mass is 10.1. The minimum atomic E-state index is -0.0551. The van der Waals surface area contributed by atoms with Crippen molar-refractivity contribution in [3.8, 4) is 10.4 Å². The summed E-state index contributed by atoms with van der Waals surface area (Å²) < 4.78 is 0. The molecular weight excluding hydrogens is 286 g/mol. The minimum Gasteiger partial charge on any atom is -0.351 e. The van der Waals surface area contributed by atoms with Gasteiger partial charge in [0.2, 0.25) is 0 Å². The van der Waals surface area contributed by atoms with E-state index >= 15 is 0 Å². The van der Waals surface area contributed by atoms with Gasteiger partial charge < -0.3 is 5.32 Å². The normalized spacial score (nSPS) is 10.3. The van der Waals surface area contributed by atoms with Gasteiger partial charge in [-0.25, -0.2) is 0 Å². The number of thiol groups is 1. The summed E-state index contributed by atoms with van der Waals surface area (Å²) in [7, 11) is 0. The average molecular weight is 298 g/mol. The lowest BCUT2D eigenvalue weighted by Gasteiger charge is -1.99. The predicted octanol–water partition coefficient (Wildman–Crippen LogP) is 3.73. The molecule has 0 atom stereocenters. The average Bonchev–Trinajstić information content (AvgIpc) is 2.86. The van der Waals surface area contributed by atoms with E-state index in [1.807, 2.05) is 35.7 Å². The molecule has 0 aliphatic rings. The van der Waals surface area contributed by atoms with Crippen molar-refractivity contribution in [2.24, 2.45) is 0 Å². The molecule has 0 aliphatic carbocycles. The van der Waals surface area contributed by atoms with Crippen LogP contribution < -0.4 is 5.32 Å². The molecule has 0 fully saturated rings. The Kier molecular flexibility index (Phi) is 4.69. The molecule has 1 heterocycles. The lowest BCUT2D eigenvalue weighted by Crippen LogP contribution is -2.24. The summed E-state index contributed by atoms with van der Waals surface area (Å²) in [5.74, 6) is 0.584. The Balaban J connectivity index is 2.15. The van der Waals surface area contributed by atoms with Gasteiger partial charge in [0, 0.05) is 27.6 Å². The monoisotopic (exact) mass is 297 g/mol. The van der Waals surface area contributed by atoms with E-state index in [1.54, 1.807) is 11.3 Å². The van der Waals surface area contributed by atoms with Crippen molar-refractivity contribution < 1.29 is 4.79 Å². The minimum absolute atomic E-state index is 0.0551. The molecule has 18 heavy (non-hydrogen) atoms. The molecular formula is C13H12ClNOS2. The van der Waals surface area contributed by atoms with E-state index in [2.05, 4.69) is 17.9 Å². The van der Waals surface area contributed by atoms with Gasteiger partial charge in [0.1, 0.15) is 0 Å². The number of carbonyl (C=O) groups excluding carboxylic acids is 1. The van der Waals surface area contributed by atoms with Crippen LogP contribution in [0, 0.1) is 0 Å². The van der Waals surface area contributed by atoms with Crippen molar-refractivity contribution in [1.29, 1.82) is 0 Å². The third kappa shape index (κ3) is 3.28. The number of hydrogen-bond donors (Lipinski definition) is 2. The van der Waals surface area contributed by atoms with Crippen molar-refractivity contribution in [3.05, 3.63) is 46.3 Å². The molecule has 0 spiro atoms. The van der Waals surface area contributed by atoms with E-state index in [9.17, 15) is 4.79 Å². The smallest absolute Gasteiger partial charge is 0.252 e. The van der Waals surface area contributed by atoms with Gasteiger partial charge in [0.05, 0.1) is 5.56 Å². The standard InChI is InChI=1S/C13H12ClNOS2/c14-11-3-1-9(2-4-11)12-7-10(8-18-12)13(16)15-5-6-17/h1-4,7-8,17H,5-6H2,(H,15,16). The Morgan fingerprint density at radius 1 is 1.33 bits per heavy atom. The Morgan fingerprint density at radius 2 is 2.06 bits per heavy atom. The highest BCUT2D eigenvalue weighted by molar-refractivity contribution is 7.80.